The number of carbonyl (C=O) groups is 3. The Morgan fingerprint density at radius 2 is 1.63 bits per heavy atom. The number of halogens is 1. The van der Waals surface area contributed by atoms with Gasteiger partial charge in [0.15, 0.2) is 0 Å². The third-order valence-corrected chi connectivity index (χ3v) is 3.97. The summed E-state index contributed by atoms with van der Waals surface area (Å²) in [6.07, 6.45) is -0.767. The van der Waals surface area contributed by atoms with Crippen LogP contribution in [0.2, 0.25) is 5.02 Å². The highest BCUT2D eigenvalue weighted by atomic mass is 35.5. The van der Waals surface area contributed by atoms with Crippen LogP contribution in [0.1, 0.15) is 33.3 Å². The molecule has 1 rings (SSSR count). The summed E-state index contributed by atoms with van der Waals surface area (Å²) in [7, 11) is 1.25. The van der Waals surface area contributed by atoms with E-state index >= 15 is 0 Å². The topological polar surface area (TPSA) is 93.7 Å². The summed E-state index contributed by atoms with van der Waals surface area (Å²) >= 11 is 5.87. The molecule has 0 saturated heterocycles. The standard InChI is InChI=1S/C19H27ClN2O5/c1-11(2)16(22-19(25)27-12(3)4)17(23)21-15(18(24)26-5)10-13-6-8-14(20)9-7-13/h6-9,11-12,15-16H,10H2,1-5H3,(H,21,23)(H,22,25)/t15?,16-/m0/s1. The lowest BCUT2D eigenvalue weighted by molar-refractivity contribution is -0.145. The van der Waals surface area contributed by atoms with Crippen LogP contribution in [0.5, 0.6) is 0 Å². The van der Waals surface area contributed by atoms with Gasteiger partial charge >= 0.3 is 12.1 Å². The molecule has 8 heteroatoms. The van der Waals surface area contributed by atoms with E-state index in [-0.39, 0.29) is 18.4 Å². The molecule has 1 unspecified atom stereocenters. The Balaban J connectivity index is 2.86. The van der Waals surface area contributed by atoms with Crippen molar-refractivity contribution in [2.24, 2.45) is 5.92 Å². The van der Waals surface area contributed by atoms with Crippen molar-refractivity contribution in [1.82, 2.24) is 10.6 Å². The molecule has 2 amide bonds. The number of alkyl carbamates (subject to hydrolysis) is 1. The third kappa shape index (κ3) is 7.86. The second kappa shape index (κ2) is 10.8. The summed E-state index contributed by atoms with van der Waals surface area (Å²) < 4.78 is 9.82. The first-order valence-corrected chi connectivity index (χ1v) is 9.11. The zero-order valence-corrected chi connectivity index (χ0v) is 17.0. The molecule has 0 aliphatic heterocycles. The molecule has 7 nitrogen and oxygen atoms in total. The van der Waals surface area contributed by atoms with E-state index in [0.717, 1.165) is 5.56 Å². The quantitative estimate of drug-likeness (QED) is 0.656. The van der Waals surface area contributed by atoms with Crippen molar-refractivity contribution in [1.29, 1.82) is 0 Å². The molecule has 0 saturated carbocycles. The molecule has 0 fully saturated rings. The first kappa shape index (κ1) is 22.8. The molecule has 27 heavy (non-hydrogen) atoms. The van der Waals surface area contributed by atoms with E-state index in [4.69, 9.17) is 21.1 Å². The lowest BCUT2D eigenvalue weighted by atomic mass is 10.0. The number of carbonyl (C=O) groups excluding carboxylic acids is 3. The van der Waals surface area contributed by atoms with Crippen LogP contribution in [-0.4, -0.2) is 43.3 Å². The highest BCUT2D eigenvalue weighted by Gasteiger charge is 2.30. The Morgan fingerprint density at radius 3 is 2.11 bits per heavy atom. The van der Waals surface area contributed by atoms with E-state index in [9.17, 15) is 14.4 Å². The number of nitrogens with one attached hydrogen (secondary N) is 2. The molecule has 0 spiro atoms. The Kier molecular flexibility index (Phi) is 9.08. The molecule has 0 aliphatic carbocycles. The number of esters is 1. The van der Waals surface area contributed by atoms with E-state index in [1.807, 2.05) is 0 Å². The van der Waals surface area contributed by atoms with Crippen LogP contribution in [-0.2, 0) is 25.5 Å². The lowest BCUT2D eigenvalue weighted by Crippen LogP contribution is -2.54. The van der Waals surface area contributed by atoms with Crippen LogP contribution >= 0.6 is 11.6 Å². The van der Waals surface area contributed by atoms with Gasteiger partial charge in [-0.2, -0.15) is 0 Å². The smallest absolute Gasteiger partial charge is 0.408 e. The van der Waals surface area contributed by atoms with Crippen molar-refractivity contribution in [3.8, 4) is 0 Å². The van der Waals surface area contributed by atoms with Crippen LogP contribution in [0.3, 0.4) is 0 Å². The number of benzene rings is 1. The lowest BCUT2D eigenvalue weighted by Gasteiger charge is -2.24. The summed E-state index contributed by atoms with van der Waals surface area (Å²) in [6, 6.07) is 5.19. The van der Waals surface area contributed by atoms with E-state index < -0.39 is 30.1 Å². The van der Waals surface area contributed by atoms with E-state index in [0.29, 0.717) is 5.02 Å². The average Bonchev–Trinajstić information content (AvgIpc) is 2.59. The van der Waals surface area contributed by atoms with Gasteiger partial charge in [-0.15, -0.1) is 0 Å². The average molecular weight is 399 g/mol. The van der Waals surface area contributed by atoms with Gasteiger partial charge in [-0.25, -0.2) is 9.59 Å². The fraction of sp³-hybridized carbons (Fsp3) is 0.526. The zero-order valence-electron chi connectivity index (χ0n) is 16.2. The van der Waals surface area contributed by atoms with Crippen molar-refractivity contribution >= 4 is 29.6 Å². The maximum Gasteiger partial charge on any atom is 0.408 e. The number of hydrogen-bond donors (Lipinski definition) is 2. The molecule has 150 valence electrons. The molecule has 2 atom stereocenters. The number of rotatable bonds is 8. The van der Waals surface area contributed by atoms with E-state index in [2.05, 4.69) is 10.6 Å². The van der Waals surface area contributed by atoms with Gasteiger partial charge in [0.1, 0.15) is 12.1 Å². The second-order valence-electron chi connectivity index (χ2n) is 6.74. The first-order chi connectivity index (χ1) is 12.6. The summed E-state index contributed by atoms with van der Waals surface area (Å²) in [6.45, 7) is 6.99. The molecule has 1 aromatic carbocycles. The highest BCUT2D eigenvalue weighted by molar-refractivity contribution is 6.30. The first-order valence-electron chi connectivity index (χ1n) is 8.73. The molecule has 0 heterocycles. The molecule has 0 bridgehead atoms. The van der Waals surface area contributed by atoms with Crippen LogP contribution in [0.25, 0.3) is 0 Å². The number of amides is 2. The fourth-order valence-electron chi connectivity index (χ4n) is 2.36. The van der Waals surface area contributed by atoms with Crippen LogP contribution in [0, 0.1) is 5.92 Å². The van der Waals surface area contributed by atoms with Gasteiger partial charge < -0.3 is 20.1 Å². The molecule has 0 aliphatic rings. The van der Waals surface area contributed by atoms with Crippen LogP contribution in [0.4, 0.5) is 4.79 Å². The van der Waals surface area contributed by atoms with Gasteiger partial charge in [-0.3, -0.25) is 4.79 Å². The predicted octanol–water partition coefficient (Wildman–Crippen LogP) is 2.70. The minimum absolute atomic E-state index is 0.210. The maximum absolute atomic E-state index is 12.7. The van der Waals surface area contributed by atoms with E-state index in [1.54, 1.807) is 52.0 Å². The van der Waals surface area contributed by atoms with Crippen molar-refractivity contribution in [2.75, 3.05) is 7.11 Å². The molecular weight excluding hydrogens is 372 g/mol. The molecule has 2 N–H and O–H groups in total. The minimum atomic E-state index is -0.896. The SMILES string of the molecule is COC(=O)C(Cc1ccc(Cl)cc1)NC(=O)[C@@H](NC(=O)OC(C)C)C(C)C. The number of ether oxygens (including phenoxy) is 2. The Morgan fingerprint density at radius 1 is 1.04 bits per heavy atom. The highest BCUT2D eigenvalue weighted by Crippen LogP contribution is 2.12. The monoisotopic (exact) mass is 398 g/mol. The van der Waals surface area contributed by atoms with Crippen molar-refractivity contribution in [3.63, 3.8) is 0 Å². The van der Waals surface area contributed by atoms with Gasteiger partial charge in [0.25, 0.3) is 0 Å². The normalized spacial score (nSPS) is 13.0. The van der Waals surface area contributed by atoms with E-state index in [1.165, 1.54) is 7.11 Å². The molecule has 0 aromatic heterocycles. The fourth-order valence-corrected chi connectivity index (χ4v) is 2.49. The number of methoxy groups -OCH3 is 1. The maximum atomic E-state index is 12.7. The van der Waals surface area contributed by atoms with Crippen molar-refractivity contribution in [3.05, 3.63) is 34.9 Å². The Hall–Kier alpha value is -2.28. The molecule has 1 aromatic rings. The molecule has 0 radical (unpaired) electrons. The largest absolute Gasteiger partial charge is 0.467 e. The van der Waals surface area contributed by atoms with Crippen molar-refractivity contribution < 1.29 is 23.9 Å². The number of hydrogen-bond acceptors (Lipinski definition) is 5. The zero-order chi connectivity index (χ0) is 20.6. The van der Waals surface area contributed by atoms with Crippen LogP contribution < -0.4 is 10.6 Å². The predicted molar refractivity (Wildman–Crippen MR) is 102 cm³/mol. The van der Waals surface area contributed by atoms with Gasteiger partial charge in [0.05, 0.1) is 13.2 Å². The Bertz CT molecular complexity index is 646. The molecular formula is C19H27ClN2O5. The minimum Gasteiger partial charge on any atom is -0.467 e. The second-order valence-corrected chi connectivity index (χ2v) is 7.17. The Labute approximate surface area is 164 Å². The van der Waals surface area contributed by atoms with Gasteiger partial charge in [-0.05, 0) is 37.5 Å². The van der Waals surface area contributed by atoms with Crippen molar-refractivity contribution in [2.45, 2.75) is 52.3 Å². The third-order valence-electron chi connectivity index (χ3n) is 3.72. The summed E-state index contributed by atoms with van der Waals surface area (Å²) in [5, 5.41) is 5.77. The van der Waals surface area contributed by atoms with Gasteiger partial charge in [-0.1, -0.05) is 37.6 Å². The summed E-state index contributed by atoms with van der Waals surface area (Å²) in [5.74, 6) is -1.28. The van der Waals surface area contributed by atoms with Crippen LogP contribution in [0.15, 0.2) is 24.3 Å². The summed E-state index contributed by atoms with van der Waals surface area (Å²) in [5.41, 5.74) is 0.809. The van der Waals surface area contributed by atoms with Gasteiger partial charge in [0.2, 0.25) is 5.91 Å². The van der Waals surface area contributed by atoms with Gasteiger partial charge in [0, 0.05) is 11.4 Å². The summed E-state index contributed by atoms with van der Waals surface area (Å²) in [4.78, 5) is 36.6.